The molecule has 0 fully saturated rings. The quantitative estimate of drug-likeness (QED) is 0.747. The molecule has 1 aromatic carbocycles. The lowest BCUT2D eigenvalue weighted by Gasteiger charge is -2.14. The molecule has 0 aliphatic carbocycles. The SMILES string of the molecule is CCCn1nncc1C(=O)C(CC)c1ccccc1. The lowest BCUT2D eigenvalue weighted by molar-refractivity contribution is 0.0946. The van der Waals surface area contributed by atoms with E-state index < -0.39 is 0 Å². The molecule has 2 aromatic rings. The molecule has 0 radical (unpaired) electrons. The van der Waals surface area contributed by atoms with Crippen LogP contribution >= 0.6 is 0 Å². The first-order chi connectivity index (χ1) is 9.27. The summed E-state index contributed by atoms with van der Waals surface area (Å²) in [6.07, 6.45) is 3.29. The highest BCUT2D eigenvalue weighted by atomic mass is 16.1. The van der Waals surface area contributed by atoms with Crippen molar-refractivity contribution >= 4 is 5.78 Å². The van der Waals surface area contributed by atoms with Crippen LogP contribution in [0.4, 0.5) is 0 Å². The summed E-state index contributed by atoms with van der Waals surface area (Å²) in [4.78, 5) is 12.6. The molecule has 0 spiro atoms. The molecule has 0 N–H and O–H groups in total. The molecule has 0 amide bonds. The van der Waals surface area contributed by atoms with Gasteiger partial charge in [0.15, 0.2) is 5.78 Å². The molecule has 2 rings (SSSR count). The van der Waals surface area contributed by atoms with Crippen molar-refractivity contribution in [1.82, 2.24) is 15.0 Å². The molecule has 0 aliphatic rings. The highest BCUT2D eigenvalue weighted by molar-refractivity contribution is 5.99. The lowest BCUT2D eigenvalue weighted by atomic mass is 9.91. The van der Waals surface area contributed by atoms with Crippen LogP contribution in [0.25, 0.3) is 0 Å². The molecule has 1 heterocycles. The van der Waals surface area contributed by atoms with E-state index in [2.05, 4.69) is 17.2 Å². The van der Waals surface area contributed by atoms with Gasteiger partial charge in [0, 0.05) is 12.5 Å². The van der Waals surface area contributed by atoms with Crippen molar-refractivity contribution < 1.29 is 4.79 Å². The number of aryl methyl sites for hydroxylation is 1. The van der Waals surface area contributed by atoms with Crippen molar-refractivity contribution in [2.45, 2.75) is 39.2 Å². The molecule has 4 heteroatoms. The zero-order valence-electron chi connectivity index (χ0n) is 11.4. The van der Waals surface area contributed by atoms with Crippen LogP contribution in [0.15, 0.2) is 36.5 Å². The van der Waals surface area contributed by atoms with Crippen LogP contribution in [0.5, 0.6) is 0 Å². The van der Waals surface area contributed by atoms with Crippen molar-refractivity contribution in [3.63, 3.8) is 0 Å². The average Bonchev–Trinajstić information content (AvgIpc) is 2.89. The van der Waals surface area contributed by atoms with Crippen LogP contribution in [-0.4, -0.2) is 20.8 Å². The van der Waals surface area contributed by atoms with Crippen LogP contribution in [0.2, 0.25) is 0 Å². The van der Waals surface area contributed by atoms with E-state index in [1.807, 2.05) is 37.3 Å². The van der Waals surface area contributed by atoms with Crippen molar-refractivity contribution in [3.05, 3.63) is 47.8 Å². The molecule has 1 aromatic heterocycles. The van der Waals surface area contributed by atoms with Crippen LogP contribution in [0, 0.1) is 0 Å². The summed E-state index contributed by atoms with van der Waals surface area (Å²) in [5.74, 6) is -0.0116. The first-order valence-electron chi connectivity index (χ1n) is 6.75. The maximum Gasteiger partial charge on any atom is 0.189 e. The Kier molecular flexibility index (Phi) is 4.44. The summed E-state index contributed by atoms with van der Waals surface area (Å²) < 4.78 is 1.70. The number of carbonyl (C=O) groups excluding carboxylic acids is 1. The standard InChI is InChI=1S/C15H19N3O/c1-3-10-18-14(11-16-17-18)15(19)13(4-2)12-8-6-5-7-9-12/h5-9,11,13H,3-4,10H2,1-2H3. The summed E-state index contributed by atoms with van der Waals surface area (Å²) in [5, 5.41) is 7.85. The Morgan fingerprint density at radius 1 is 1.26 bits per heavy atom. The van der Waals surface area contributed by atoms with Crippen molar-refractivity contribution in [2.24, 2.45) is 0 Å². The van der Waals surface area contributed by atoms with E-state index in [1.54, 1.807) is 10.9 Å². The molecule has 0 saturated carbocycles. The number of aromatic nitrogens is 3. The second kappa shape index (κ2) is 6.27. The van der Waals surface area contributed by atoms with Gasteiger partial charge in [-0.05, 0) is 18.4 Å². The lowest BCUT2D eigenvalue weighted by Crippen LogP contribution is -2.17. The molecule has 0 bridgehead atoms. The topological polar surface area (TPSA) is 47.8 Å². The number of hydrogen-bond donors (Lipinski definition) is 0. The van der Waals surface area contributed by atoms with E-state index in [-0.39, 0.29) is 11.7 Å². The third-order valence-corrected chi connectivity index (χ3v) is 3.23. The molecular formula is C15H19N3O. The molecule has 0 aliphatic heterocycles. The van der Waals surface area contributed by atoms with Gasteiger partial charge in [0.05, 0.1) is 6.20 Å². The summed E-state index contributed by atoms with van der Waals surface area (Å²) in [6, 6.07) is 9.89. The van der Waals surface area contributed by atoms with Crippen LogP contribution < -0.4 is 0 Å². The van der Waals surface area contributed by atoms with Gasteiger partial charge in [0.1, 0.15) is 5.69 Å². The predicted molar refractivity (Wildman–Crippen MR) is 74.1 cm³/mol. The van der Waals surface area contributed by atoms with Gasteiger partial charge < -0.3 is 0 Å². The molecule has 19 heavy (non-hydrogen) atoms. The molecule has 100 valence electrons. The Balaban J connectivity index is 2.28. The Hall–Kier alpha value is -1.97. The molecule has 4 nitrogen and oxygen atoms in total. The predicted octanol–water partition coefficient (Wildman–Crippen LogP) is 3.06. The van der Waals surface area contributed by atoms with Gasteiger partial charge in [-0.3, -0.25) is 4.79 Å². The summed E-state index contributed by atoms with van der Waals surface area (Å²) >= 11 is 0. The summed E-state index contributed by atoms with van der Waals surface area (Å²) in [7, 11) is 0. The average molecular weight is 257 g/mol. The Labute approximate surface area is 113 Å². The molecular weight excluding hydrogens is 238 g/mol. The maximum absolute atomic E-state index is 12.6. The number of hydrogen-bond acceptors (Lipinski definition) is 3. The van der Waals surface area contributed by atoms with Gasteiger partial charge in [0.2, 0.25) is 0 Å². The monoisotopic (exact) mass is 257 g/mol. The second-order valence-corrected chi connectivity index (χ2v) is 4.58. The zero-order valence-corrected chi connectivity index (χ0v) is 11.4. The Bertz CT molecular complexity index is 533. The first-order valence-corrected chi connectivity index (χ1v) is 6.75. The van der Waals surface area contributed by atoms with E-state index in [1.165, 1.54) is 0 Å². The van der Waals surface area contributed by atoms with Gasteiger partial charge >= 0.3 is 0 Å². The number of benzene rings is 1. The second-order valence-electron chi connectivity index (χ2n) is 4.58. The van der Waals surface area contributed by atoms with Crippen LogP contribution in [0.3, 0.4) is 0 Å². The molecule has 1 atom stereocenters. The summed E-state index contributed by atoms with van der Waals surface area (Å²) in [6.45, 7) is 4.82. The van der Waals surface area contributed by atoms with Gasteiger partial charge in [-0.1, -0.05) is 49.4 Å². The fourth-order valence-corrected chi connectivity index (χ4v) is 2.26. The number of carbonyl (C=O) groups is 1. The molecule has 0 saturated heterocycles. The van der Waals surface area contributed by atoms with Gasteiger partial charge in [-0.25, -0.2) is 4.68 Å². The minimum Gasteiger partial charge on any atom is -0.292 e. The number of ketones is 1. The van der Waals surface area contributed by atoms with Gasteiger partial charge in [0.25, 0.3) is 0 Å². The van der Waals surface area contributed by atoms with Gasteiger partial charge in [-0.15, -0.1) is 5.10 Å². The maximum atomic E-state index is 12.6. The third-order valence-electron chi connectivity index (χ3n) is 3.23. The van der Waals surface area contributed by atoms with E-state index in [0.29, 0.717) is 5.69 Å². The zero-order chi connectivity index (χ0) is 13.7. The minimum atomic E-state index is -0.115. The van der Waals surface area contributed by atoms with E-state index in [0.717, 1.165) is 24.9 Å². The number of Topliss-reactive ketones (excluding diaryl/α,β-unsaturated/α-hetero) is 1. The minimum absolute atomic E-state index is 0.104. The Morgan fingerprint density at radius 3 is 2.63 bits per heavy atom. The molecule has 1 unspecified atom stereocenters. The van der Waals surface area contributed by atoms with E-state index in [9.17, 15) is 4.79 Å². The van der Waals surface area contributed by atoms with E-state index >= 15 is 0 Å². The van der Waals surface area contributed by atoms with Crippen LogP contribution in [0.1, 0.15) is 48.7 Å². The summed E-state index contributed by atoms with van der Waals surface area (Å²) in [5.41, 5.74) is 1.66. The fourth-order valence-electron chi connectivity index (χ4n) is 2.26. The van der Waals surface area contributed by atoms with Crippen molar-refractivity contribution in [1.29, 1.82) is 0 Å². The van der Waals surface area contributed by atoms with Crippen molar-refractivity contribution in [2.75, 3.05) is 0 Å². The Morgan fingerprint density at radius 2 is 2.00 bits per heavy atom. The highest BCUT2D eigenvalue weighted by Gasteiger charge is 2.23. The van der Waals surface area contributed by atoms with Crippen molar-refractivity contribution in [3.8, 4) is 0 Å². The largest absolute Gasteiger partial charge is 0.292 e. The normalized spacial score (nSPS) is 12.3. The van der Waals surface area contributed by atoms with Crippen LogP contribution in [-0.2, 0) is 6.54 Å². The smallest absolute Gasteiger partial charge is 0.189 e. The number of rotatable bonds is 6. The first kappa shape index (κ1) is 13.5. The third kappa shape index (κ3) is 2.89. The van der Waals surface area contributed by atoms with Gasteiger partial charge in [-0.2, -0.15) is 0 Å². The van der Waals surface area contributed by atoms with E-state index in [4.69, 9.17) is 0 Å². The number of nitrogens with zero attached hydrogens (tertiary/aromatic N) is 3. The highest BCUT2D eigenvalue weighted by Crippen LogP contribution is 2.23. The fraction of sp³-hybridized carbons (Fsp3) is 0.400.